The van der Waals surface area contributed by atoms with Gasteiger partial charge in [-0.1, -0.05) is 30.3 Å². The van der Waals surface area contributed by atoms with Gasteiger partial charge in [-0.25, -0.2) is 4.98 Å². The highest BCUT2D eigenvalue weighted by atomic mass is 16.2. The number of aromatic nitrogens is 2. The van der Waals surface area contributed by atoms with Gasteiger partial charge in [-0.05, 0) is 59.4 Å². The predicted molar refractivity (Wildman–Crippen MR) is 114 cm³/mol. The Balaban J connectivity index is 1.96. The van der Waals surface area contributed by atoms with Gasteiger partial charge in [0.25, 0.3) is 11.8 Å². The number of nitrogens with one attached hydrogen (secondary N) is 1. The lowest BCUT2D eigenvalue weighted by Crippen LogP contribution is -2.42. The van der Waals surface area contributed by atoms with Crippen molar-refractivity contribution in [1.29, 1.82) is 0 Å². The fourth-order valence-electron chi connectivity index (χ4n) is 3.69. The minimum Gasteiger partial charge on any atom is -0.345 e. The van der Waals surface area contributed by atoms with Crippen molar-refractivity contribution in [2.24, 2.45) is 0 Å². The first-order valence-electron chi connectivity index (χ1n) is 10.4. The number of hydrogen-bond donors (Lipinski definition) is 1. The van der Waals surface area contributed by atoms with E-state index in [4.69, 9.17) is 0 Å². The Kier molecular flexibility index (Phi) is 6.10. The lowest BCUT2D eigenvalue weighted by Gasteiger charge is -2.27. The first kappa shape index (κ1) is 21.1. The highest BCUT2D eigenvalue weighted by Crippen LogP contribution is 2.24. The quantitative estimate of drug-likeness (QED) is 0.836. The molecule has 2 aromatic rings. The number of benzene rings is 1. The van der Waals surface area contributed by atoms with E-state index in [1.54, 1.807) is 0 Å². The van der Waals surface area contributed by atoms with Crippen LogP contribution in [0.3, 0.4) is 0 Å². The molecule has 0 saturated heterocycles. The third-order valence-electron chi connectivity index (χ3n) is 5.09. The number of nitrogens with zero attached hydrogens (tertiary/aromatic N) is 3. The van der Waals surface area contributed by atoms with Gasteiger partial charge < -0.3 is 14.8 Å². The summed E-state index contributed by atoms with van der Waals surface area (Å²) in [5.74, 6) is 0.0181. The molecule has 6 nitrogen and oxygen atoms in total. The summed E-state index contributed by atoms with van der Waals surface area (Å²) in [6.07, 6.45) is 2.77. The van der Waals surface area contributed by atoms with Crippen LogP contribution in [-0.4, -0.2) is 37.8 Å². The van der Waals surface area contributed by atoms with Crippen LogP contribution >= 0.6 is 0 Å². The summed E-state index contributed by atoms with van der Waals surface area (Å²) in [6.45, 7) is 11.1. The van der Waals surface area contributed by atoms with Gasteiger partial charge in [0.05, 0.1) is 5.69 Å². The molecule has 29 heavy (non-hydrogen) atoms. The normalized spacial score (nSPS) is 13.9. The number of rotatable bonds is 5. The van der Waals surface area contributed by atoms with Gasteiger partial charge in [0.2, 0.25) is 0 Å². The van der Waals surface area contributed by atoms with E-state index in [1.807, 2.05) is 74.4 Å². The van der Waals surface area contributed by atoms with Gasteiger partial charge >= 0.3 is 0 Å². The van der Waals surface area contributed by atoms with E-state index in [1.165, 1.54) is 0 Å². The second-order valence-electron chi connectivity index (χ2n) is 9.06. The summed E-state index contributed by atoms with van der Waals surface area (Å²) < 4.78 is 1.94. The van der Waals surface area contributed by atoms with Crippen molar-refractivity contribution in [2.45, 2.75) is 78.6 Å². The molecule has 2 heterocycles. The number of imidazole rings is 1. The number of hydrogen-bond acceptors (Lipinski definition) is 3. The summed E-state index contributed by atoms with van der Waals surface area (Å²) in [5, 5.41) is 2.98. The van der Waals surface area contributed by atoms with E-state index in [0.29, 0.717) is 18.1 Å². The van der Waals surface area contributed by atoms with E-state index in [9.17, 15) is 9.59 Å². The number of fused-ring (bicyclic) bond motifs is 1. The molecule has 1 aliphatic heterocycles. The maximum Gasteiger partial charge on any atom is 0.287 e. The lowest BCUT2D eigenvalue weighted by atomic mass is 10.1. The first-order chi connectivity index (χ1) is 13.7. The van der Waals surface area contributed by atoms with Crippen LogP contribution < -0.4 is 5.32 Å². The van der Waals surface area contributed by atoms with Crippen molar-refractivity contribution in [3.05, 3.63) is 53.1 Å². The molecule has 0 atom stereocenters. The molecule has 0 saturated carbocycles. The van der Waals surface area contributed by atoms with E-state index >= 15 is 0 Å². The van der Waals surface area contributed by atoms with Gasteiger partial charge in [-0.3, -0.25) is 9.59 Å². The Morgan fingerprint density at radius 1 is 1.17 bits per heavy atom. The van der Waals surface area contributed by atoms with Crippen molar-refractivity contribution in [1.82, 2.24) is 19.8 Å². The molecule has 0 aliphatic carbocycles. The van der Waals surface area contributed by atoms with E-state index in [2.05, 4.69) is 10.3 Å². The number of carbonyl (C=O) groups excluding carboxylic acids is 2. The zero-order valence-electron chi connectivity index (χ0n) is 18.2. The molecule has 156 valence electrons. The van der Waals surface area contributed by atoms with E-state index in [0.717, 1.165) is 37.1 Å². The summed E-state index contributed by atoms with van der Waals surface area (Å²) in [5.41, 5.74) is 2.03. The molecule has 0 bridgehead atoms. The van der Waals surface area contributed by atoms with Crippen LogP contribution in [0, 0.1) is 0 Å². The summed E-state index contributed by atoms with van der Waals surface area (Å²) in [4.78, 5) is 32.8. The standard InChI is InChI=1S/C23H32N4O2/c1-16(2)27(15-17-11-7-6-8-12-17)22(29)19-18-13-9-10-14-26(18)20(24-19)21(28)25-23(3,4)5/h6-8,11-12,16H,9-10,13-15H2,1-5H3,(H,25,28). The summed E-state index contributed by atoms with van der Waals surface area (Å²) >= 11 is 0. The van der Waals surface area contributed by atoms with Crippen molar-refractivity contribution in [2.75, 3.05) is 0 Å². The topological polar surface area (TPSA) is 67.2 Å². The lowest BCUT2D eigenvalue weighted by molar-refractivity contribution is 0.0683. The van der Waals surface area contributed by atoms with Crippen LogP contribution in [0.1, 0.15) is 79.8 Å². The molecule has 1 aliphatic rings. The van der Waals surface area contributed by atoms with E-state index < -0.39 is 0 Å². The average molecular weight is 397 g/mol. The van der Waals surface area contributed by atoms with Gasteiger partial charge in [-0.2, -0.15) is 0 Å². The molecular formula is C23H32N4O2. The Morgan fingerprint density at radius 2 is 1.86 bits per heavy atom. The SMILES string of the molecule is CC(C)N(Cc1ccccc1)C(=O)c1nc(C(=O)NC(C)(C)C)n2c1CCCC2. The molecule has 0 spiro atoms. The summed E-state index contributed by atoms with van der Waals surface area (Å²) in [7, 11) is 0. The Hall–Kier alpha value is -2.63. The minimum atomic E-state index is -0.362. The Labute approximate surface area is 173 Å². The molecule has 0 radical (unpaired) electrons. The average Bonchev–Trinajstić information content (AvgIpc) is 3.05. The van der Waals surface area contributed by atoms with Crippen LogP contribution in [0.25, 0.3) is 0 Å². The molecule has 2 amide bonds. The first-order valence-corrected chi connectivity index (χ1v) is 10.4. The molecule has 0 fully saturated rings. The van der Waals surface area contributed by atoms with E-state index in [-0.39, 0.29) is 23.4 Å². The number of amides is 2. The van der Waals surface area contributed by atoms with Crippen LogP contribution in [0.15, 0.2) is 30.3 Å². The molecule has 0 unspecified atom stereocenters. The monoisotopic (exact) mass is 396 g/mol. The van der Waals surface area contributed by atoms with Gasteiger partial charge in [0.15, 0.2) is 5.82 Å². The maximum atomic E-state index is 13.5. The minimum absolute atomic E-state index is 0.0236. The van der Waals surface area contributed by atoms with Crippen molar-refractivity contribution >= 4 is 11.8 Å². The number of carbonyl (C=O) groups is 2. The van der Waals surface area contributed by atoms with Gasteiger partial charge in [0.1, 0.15) is 5.69 Å². The zero-order valence-corrected chi connectivity index (χ0v) is 18.2. The maximum absolute atomic E-state index is 13.5. The molecule has 1 aromatic heterocycles. The highest BCUT2D eigenvalue weighted by molar-refractivity contribution is 5.97. The third kappa shape index (κ3) is 4.86. The fourth-order valence-corrected chi connectivity index (χ4v) is 3.69. The predicted octanol–water partition coefficient (Wildman–Crippen LogP) is 3.80. The zero-order chi connectivity index (χ0) is 21.2. The van der Waals surface area contributed by atoms with Gasteiger partial charge in [0, 0.05) is 24.7 Å². The van der Waals surface area contributed by atoms with Gasteiger partial charge in [-0.15, -0.1) is 0 Å². The molecule has 1 N–H and O–H groups in total. The molecule has 1 aromatic carbocycles. The second-order valence-corrected chi connectivity index (χ2v) is 9.06. The Bertz CT molecular complexity index is 878. The van der Waals surface area contributed by atoms with Crippen molar-refractivity contribution in [3.8, 4) is 0 Å². The van der Waals surface area contributed by atoms with Crippen molar-refractivity contribution in [3.63, 3.8) is 0 Å². The molecule has 6 heteroatoms. The van der Waals surface area contributed by atoms with Crippen LogP contribution in [0.5, 0.6) is 0 Å². The third-order valence-corrected chi connectivity index (χ3v) is 5.09. The summed E-state index contributed by atoms with van der Waals surface area (Å²) in [6, 6.07) is 9.99. The Morgan fingerprint density at radius 3 is 2.48 bits per heavy atom. The molecular weight excluding hydrogens is 364 g/mol. The van der Waals surface area contributed by atoms with Crippen molar-refractivity contribution < 1.29 is 9.59 Å². The second kappa shape index (κ2) is 8.39. The largest absolute Gasteiger partial charge is 0.345 e. The highest BCUT2D eigenvalue weighted by Gasteiger charge is 2.31. The van der Waals surface area contributed by atoms with Crippen LogP contribution in [-0.2, 0) is 19.5 Å². The fraction of sp³-hybridized carbons (Fsp3) is 0.522. The van der Waals surface area contributed by atoms with Crippen LogP contribution in [0.2, 0.25) is 0 Å². The smallest absolute Gasteiger partial charge is 0.287 e. The molecule has 3 rings (SSSR count). The van der Waals surface area contributed by atoms with Crippen LogP contribution in [0.4, 0.5) is 0 Å².